The number of benzene rings is 1. The fourth-order valence-electron chi connectivity index (χ4n) is 1.44. The van der Waals surface area contributed by atoms with Gasteiger partial charge in [0.1, 0.15) is 0 Å². The van der Waals surface area contributed by atoms with Gasteiger partial charge in [-0.3, -0.25) is 4.79 Å². The zero-order chi connectivity index (χ0) is 13.9. The molecule has 1 aromatic carbocycles. The molecule has 4 N–H and O–H groups in total. The van der Waals surface area contributed by atoms with Crippen LogP contribution in [0.3, 0.4) is 0 Å². The third kappa shape index (κ3) is 2.49. The number of carbonyl (C=O) groups excluding carboxylic acids is 1. The fourth-order valence-corrected chi connectivity index (χ4v) is 1.83. The van der Waals surface area contributed by atoms with Crippen molar-refractivity contribution >= 4 is 34.8 Å². The van der Waals surface area contributed by atoms with E-state index in [9.17, 15) is 4.79 Å². The highest BCUT2D eigenvalue weighted by Crippen LogP contribution is 2.28. The Morgan fingerprint density at radius 1 is 1.44 bits per heavy atom. The van der Waals surface area contributed by atoms with Crippen molar-refractivity contribution in [2.75, 3.05) is 7.05 Å². The van der Waals surface area contributed by atoms with Crippen LogP contribution < -0.4 is 10.8 Å². The monoisotopic (exact) mass is 289 g/mol. The number of rotatable bonds is 4. The quantitative estimate of drug-likeness (QED) is 0.504. The molecule has 0 spiro atoms. The second-order valence-corrected chi connectivity index (χ2v) is 4.58. The van der Waals surface area contributed by atoms with E-state index in [1.807, 2.05) is 5.48 Å². The Balaban J connectivity index is 3.28. The van der Waals surface area contributed by atoms with E-state index in [4.69, 9.17) is 33.8 Å². The summed E-state index contributed by atoms with van der Waals surface area (Å²) in [7, 11) is 1.41. The average Bonchev–Trinajstić information content (AvgIpc) is 2.39. The van der Waals surface area contributed by atoms with Crippen molar-refractivity contribution in [3.63, 3.8) is 0 Å². The molecule has 7 heteroatoms. The van der Waals surface area contributed by atoms with Gasteiger partial charge in [-0.25, -0.2) is 0 Å². The smallest absolute Gasteiger partial charge is 0.248 e. The van der Waals surface area contributed by atoms with Crippen LogP contribution >= 0.6 is 23.2 Å². The normalized spacial score (nSPS) is 13.8. The lowest BCUT2D eigenvalue weighted by atomic mass is 9.90. The van der Waals surface area contributed by atoms with Gasteiger partial charge in [-0.2, -0.15) is 5.48 Å². The Bertz CT molecular complexity index is 493. The maximum Gasteiger partial charge on any atom is 0.248 e. The van der Waals surface area contributed by atoms with Crippen molar-refractivity contribution in [3.05, 3.63) is 33.8 Å². The van der Waals surface area contributed by atoms with E-state index in [0.717, 1.165) is 0 Å². The Labute approximate surface area is 115 Å². The summed E-state index contributed by atoms with van der Waals surface area (Å²) >= 11 is 11.8. The summed E-state index contributed by atoms with van der Waals surface area (Å²) in [6.07, 6.45) is 0. The topological polar surface area (TPSA) is 85.2 Å². The van der Waals surface area contributed by atoms with Crippen molar-refractivity contribution in [2.45, 2.75) is 12.5 Å². The van der Waals surface area contributed by atoms with Gasteiger partial charge in [-0.15, -0.1) is 0 Å². The first kappa shape index (κ1) is 14.9. The van der Waals surface area contributed by atoms with E-state index >= 15 is 0 Å². The first-order valence-corrected chi connectivity index (χ1v) is 5.81. The highest BCUT2D eigenvalue weighted by molar-refractivity contribution is 6.44. The molecular formula is C11H13Cl2N3O2. The molecule has 1 unspecified atom stereocenters. The summed E-state index contributed by atoms with van der Waals surface area (Å²) in [4.78, 5) is 11.7. The minimum atomic E-state index is -1.61. The standard InChI is InChI=1S/C11H13Cl2N3O2/c1-11(16-18,10(17)15-2)9(14)6-4-3-5-7(12)8(6)13/h3-5,14,16,18H,1-2H3,(H,15,17). The second kappa shape index (κ2) is 5.67. The third-order valence-corrected chi connectivity index (χ3v) is 3.44. The zero-order valence-corrected chi connectivity index (χ0v) is 11.4. The lowest BCUT2D eigenvalue weighted by Crippen LogP contribution is -2.58. The molecule has 0 aliphatic rings. The van der Waals surface area contributed by atoms with Gasteiger partial charge in [-0.05, 0) is 13.0 Å². The van der Waals surface area contributed by atoms with Crippen LogP contribution in [0.15, 0.2) is 18.2 Å². The summed E-state index contributed by atoms with van der Waals surface area (Å²) in [5, 5.41) is 20.0. The number of hydrogen-bond donors (Lipinski definition) is 4. The lowest BCUT2D eigenvalue weighted by molar-refractivity contribution is -0.127. The Hall–Kier alpha value is -1.14. The largest absolute Gasteiger partial charge is 0.357 e. The van der Waals surface area contributed by atoms with E-state index in [2.05, 4.69) is 5.32 Å². The fraction of sp³-hybridized carbons (Fsp3) is 0.273. The molecule has 1 atom stereocenters. The van der Waals surface area contributed by atoms with Crippen LogP contribution in [0.5, 0.6) is 0 Å². The molecule has 0 radical (unpaired) electrons. The van der Waals surface area contributed by atoms with Gasteiger partial charge < -0.3 is 15.9 Å². The molecule has 0 aliphatic carbocycles. The van der Waals surface area contributed by atoms with Gasteiger partial charge in [0.15, 0.2) is 5.54 Å². The first-order chi connectivity index (χ1) is 8.38. The van der Waals surface area contributed by atoms with Crippen molar-refractivity contribution in [2.24, 2.45) is 0 Å². The number of amides is 1. The van der Waals surface area contributed by atoms with E-state index in [-0.39, 0.29) is 21.3 Å². The number of nitrogens with one attached hydrogen (secondary N) is 3. The molecule has 1 amide bonds. The van der Waals surface area contributed by atoms with Crippen LogP contribution in [0, 0.1) is 5.41 Å². The molecule has 0 bridgehead atoms. The Kier molecular flexibility index (Phi) is 4.70. The highest BCUT2D eigenvalue weighted by Gasteiger charge is 2.38. The zero-order valence-electron chi connectivity index (χ0n) is 9.84. The van der Waals surface area contributed by atoms with Crippen molar-refractivity contribution < 1.29 is 10.0 Å². The van der Waals surface area contributed by atoms with E-state index in [0.29, 0.717) is 0 Å². The van der Waals surface area contributed by atoms with Crippen molar-refractivity contribution in [3.8, 4) is 0 Å². The number of halogens is 2. The predicted octanol–water partition coefficient (Wildman–Crippen LogP) is 1.84. The van der Waals surface area contributed by atoms with Crippen LogP contribution in [0.1, 0.15) is 12.5 Å². The average molecular weight is 290 g/mol. The third-order valence-electron chi connectivity index (χ3n) is 2.63. The van der Waals surface area contributed by atoms with Gasteiger partial charge in [0.05, 0.1) is 15.8 Å². The molecule has 0 aromatic heterocycles. The molecule has 0 heterocycles. The van der Waals surface area contributed by atoms with Crippen LogP contribution in [-0.4, -0.2) is 29.4 Å². The molecule has 98 valence electrons. The summed E-state index contributed by atoms with van der Waals surface area (Å²) < 4.78 is 0. The van der Waals surface area contributed by atoms with Crippen LogP contribution in [0.25, 0.3) is 0 Å². The summed E-state index contributed by atoms with van der Waals surface area (Å²) in [6, 6.07) is 4.74. The number of hydroxylamine groups is 1. The molecule has 18 heavy (non-hydrogen) atoms. The van der Waals surface area contributed by atoms with E-state index in [1.165, 1.54) is 14.0 Å². The minimum Gasteiger partial charge on any atom is -0.357 e. The molecule has 0 fully saturated rings. The second-order valence-electron chi connectivity index (χ2n) is 3.79. The molecule has 1 aromatic rings. The first-order valence-electron chi connectivity index (χ1n) is 5.05. The highest BCUT2D eigenvalue weighted by atomic mass is 35.5. The van der Waals surface area contributed by atoms with Crippen LogP contribution in [-0.2, 0) is 4.79 Å². The number of likely N-dealkylation sites (N-methyl/N-ethyl adjacent to an activating group) is 1. The maximum atomic E-state index is 11.7. The molecular weight excluding hydrogens is 277 g/mol. The molecule has 5 nitrogen and oxygen atoms in total. The van der Waals surface area contributed by atoms with Gasteiger partial charge in [0, 0.05) is 12.6 Å². The van der Waals surface area contributed by atoms with Crippen molar-refractivity contribution in [1.29, 1.82) is 5.41 Å². The van der Waals surface area contributed by atoms with Gasteiger partial charge in [0.25, 0.3) is 0 Å². The molecule has 1 rings (SSSR count). The predicted molar refractivity (Wildman–Crippen MR) is 70.7 cm³/mol. The molecule has 0 aliphatic heterocycles. The van der Waals surface area contributed by atoms with Crippen LogP contribution in [0.4, 0.5) is 0 Å². The molecule has 0 saturated carbocycles. The number of hydrogen-bond acceptors (Lipinski definition) is 4. The maximum absolute atomic E-state index is 11.7. The van der Waals surface area contributed by atoms with Crippen molar-refractivity contribution in [1.82, 2.24) is 10.8 Å². The van der Waals surface area contributed by atoms with Crippen LogP contribution in [0.2, 0.25) is 10.0 Å². The van der Waals surface area contributed by atoms with Gasteiger partial charge in [-0.1, -0.05) is 35.3 Å². The van der Waals surface area contributed by atoms with Gasteiger partial charge >= 0.3 is 0 Å². The summed E-state index contributed by atoms with van der Waals surface area (Å²) in [6.45, 7) is 1.37. The summed E-state index contributed by atoms with van der Waals surface area (Å²) in [5.74, 6) is -0.564. The van der Waals surface area contributed by atoms with E-state index in [1.54, 1.807) is 18.2 Å². The van der Waals surface area contributed by atoms with Gasteiger partial charge in [0.2, 0.25) is 5.91 Å². The minimum absolute atomic E-state index is 0.162. The SMILES string of the molecule is CNC(=O)C(C)(NO)C(=N)c1cccc(Cl)c1Cl. The lowest BCUT2D eigenvalue weighted by Gasteiger charge is -2.27. The summed E-state index contributed by atoms with van der Waals surface area (Å²) in [5.41, 5.74) is 0.319. The molecule has 0 saturated heterocycles. The number of carbonyl (C=O) groups is 1. The van der Waals surface area contributed by atoms with E-state index < -0.39 is 11.4 Å². The Morgan fingerprint density at radius 3 is 2.56 bits per heavy atom. The Morgan fingerprint density at radius 2 is 2.06 bits per heavy atom.